The van der Waals surface area contributed by atoms with Gasteiger partial charge >= 0.3 is 0 Å². The van der Waals surface area contributed by atoms with Crippen LogP contribution >= 0.6 is 0 Å². The number of hydrogen-bond acceptors (Lipinski definition) is 1. The second kappa shape index (κ2) is 17.4. The summed E-state index contributed by atoms with van der Waals surface area (Å²) in [5.41, 5.74) is 17.5. The molecule has 0 spiro atoms. The van der Waals surface area contributed by atoms with E-state index in [1.807, 2.05) is 0 Å². The van der Waals surface area contributed by atoms with Crippen molar-refractivity contribution >= 4 is 93.0 Å². The van der Waals surface area contributed by atoms with E-state index in [-0.39, 0.29) is 0 Å². The van der Waals surface area contributed by atoms with E-state index in [9.17, 15) is 0 Å². The fraction of sp³-hybridized carbons (Fsp3) is 0. The lowest BCUT2D eigenvalue weighted by atomic mass is 9.84. The first-order chi connectivity index (χ1) is 37.2. The number of fused-ring (bicyclic) bond motifs is 9. The van der Waals surface area contributed by atoms with Gasteiger partial charge in [0.1, 0.15) is 0 Å². The lowest BCUT2D eigenvalue weighted by Gasteiger charge is -2.27. The minimum absolute atomic E-state index is 1.10. The van der Waals surface area contributed by atoms with Gasteiger partial charge in [-0.3, -0.25) is 0 Å². The standard InChI is InChI=1S/C72H47N3/c1-5-22-51(23-6-1)73(52-24-7-2-8-25-52)55-43-48-21-13-14-30-58(48)67(46-55)72-61-35-19-33-56(49-39-41-70-65(44-49)59-31-15-17-37-68(59)74(70)53-26-9-3-10-27-53)63(61)47-64-57(34-20-36-62(64)72)50-40-42-71-66(45-50)60-32-16-18-38-69(60)75(71)54-28-11-4-12-29-54/h1-47H. The molecule has 75 heavy (non-hydrogen) atoms. The molecule has 15 rings (SSSR count). The van der Waals surface area contributed by atoms with Crippen LogP contribution in [0.15, 0.2) is 285 Å². The molecule has 15 aromatic rings. The van der Waals surface area contributed by atoms with Gasteiger partial charge in [0.15, 0.2) is 0 Å². The fourth-order valence-electron chi connectivity index (χ4n) is 12.2. The molecule has 0 unspecified atom stereocenters. The van der Waals surface area contributed by atoms with Crippen LogP contribution in [0.4, 0.5) is 17.1 Å². The molecule has 0 atom stereocenters. The third-order valence-corrected chi connectivity index (χ3v) is 15.4. The average molecular weight is 954 g/mol. The Morgan fingerprint density at radius 1 is 0.227 bits per heavy atom. The summed E-state index contributed by atoms with van der Waals surface area (Å²) in [6.45, 7) is 0. The Bertz CT molecular complexity index is 4430. The Morgan fingerprint density at radius 2 is 0.640 bits per heavy atom. The predicted octanol–water partition coefficient (Wildman–Crippen LogP) is 19.8. The van der Waals surface area contributed by atoms with Crippen molar-refractivity contribution in [2.45, 2.75) is 0 Å². The first-order valence-electron chi connectivity index (χ1n) is 25.8. The molecule has 0 aliphatic carbocycles. The fourth-order valence-corrected chi connectivity index (χ4v) is 12.2. The van der Waals surface area contributed by atoms with E-state index in [2.05, 4.69) is 299 Å². The van der Waals surface area contributed by atoms with Crippen LogP contribution in [0.25, 0.3) is 121 Å². The monoisotopic (exact) mass is 953 g/mol. The van der Waals surface area contributed by atoms with Crippen molar-refractivity contribution < 1.29 is 0 Å². The van der Waals surface area contributed by atoms with Crippen LogP contribution in [0.2, 0.25) is 0 Å². The molecule has 2 heterocycles. The van der Waals surface area contributed by atoms with Crippen LogP contribution in [0.5, 0.6) is 0 Å². The molecule has 0 amide bonds. The molecule has 350 valence electrons. The highest BCUT2D eigenvalue weighted by Gasteiger charge is 2.23. The zero-order valence-corrected chi connectivity index (χ0v) is 41.0. The molecule has 0 N–H and O–H groups in total. The molecule has 0 aliphatic heterocycles. The number of aromatic nitrogens is 2. The lowest BCUT2D eigenvalue weighted by molar-refractivity contribution is 1.18. The number of nitrogens with zero attached hydrogens (tertiary/aromatic N) is 3. The molecule has 2 aromatic heterocycles. The van der Waals surface area contributed by atoms with Gasteiger partial charge in [-0.2, -0.15) is 0 Å². The molecule has 0 saturated carbocycles. The van der Waals surface area contributed by atoms with Crippen LogP contribution in [0.1, 0.15) is 0 Å². The second-order valence-corrected chi connectivity index (χ2v) is 19.6. The molecule has 0 fully saturated rings. The van der Waals surface area contributed by atoms with E-state index in [1.54, 1.807) is 0 Å². The Labute approximate surface area is 434 Å². The van der Waals surface area contributed by atoms with Gasteiger partial charge in [-0.05, 0) is 169 Å². The molecule has 0 aliphatic rings. The maximum Gasteiger partial charge on any atom is 0.0541 e. The van der Waals surface area contributed by atoms with Crippen molar-refractivity contribution in [1.82, 2.24) is 9.13 Å². The molecule has 0 bridgehead atoms. The van der Waals surface area contributed by atoms with E-state index >= 15 is 0 Å². The van der Waals surface area contributed by atoms with Gasteiger partial charge in [-0.15, -0.1) is 0 Å². The van der Waals surface area contributed by atoms with E-state index in [4.69, 9.17) is 0 Å². The number of anilines is 3. The summed E-state index contributed by atoms with van der Waals surface area (Å²) in [6.07, 6.45) is 0. The van der Waals surface area contributed by atoms with Crippen molar-refractivity contribution in [3.63, 3.8) is 0 Å². The summed E-state index contributed by atoms with van der Waals surface area (Å²) in [5.74, 6) is 0. The first kappa shape index (κ1) is 42.7. The molecular formula is C72H47N3. The van der Waals surface area contributed by atoms with E-state index < -0.39 is 0 Å². The molecule has 3 heteroatoms. The second-order valence-electron chi connectivity index (χ2n) is 19.6. The number of rotatable bonds is 8. The molecule has 13 aromatic carbocycles. The van der Waals surface area contributed by atoms with Crippen molar-refractivity contribution in [2.24, 2.45) is 0 Å². The van der Waals surface area contributed by atoms with Crippen LogP contribution in [0, 0.1) is 0 Å². The van der Waals surface area contributed by atoms with Gasteiger partial charge < -0.3 is 14.0 Å². The van der Waals surface area contributed by atoms with E-state index in [0.29, 0.717) is 0 Å². The zero-order chi connectivity index (χ0) is 49.4. The summed E-state index contributed by atoms with van der Waals surface area (Å²) < 4.78 is 4.80. The molecule has 0 radical (unpaired) electrons. The van der Waals surface area contributed by atoms with Crippen LogP contribution in [0.3, 0.4) is 0 Å². The number of para-hydroxylation sites is 6. The van der Waals surface area contributed by atoms with Crippen molar-refractivity contribution in [3.05, 3.63) is 285 Å². The minimum Gasteiger partial charge on any atom is -0.310 e. The smallest absolute Gasteiger partial charge is 0.0541 e. The van der Waals surface area contributed by atoms with E-state index in [0.717, 1.165) is 28.4 Å². The van der Waals surface area contributed by atoms with Gasteiger partial charge in [0.05, 0.1) is 22.1 Å². The van der Waals surface area contributed by atoms with Gasteiger partial charge in [0, 0.05) is 50.0 Å². The lowest BCUT2D eigenvalue weighted by Crippen LogP contribution is -2.10. The summed E-state index contributed by atoms with van der Waals surface area (Å²) in [6, 6.07) is 105. The highest BCUT2D eigenvalue weighted by molar-refractivity contribution is 6.23. The molecule has 0 saturated heterocycles. The maximum atomic E-state index is 2.49. The third kappa shape index (κ3) is 6.90. The zero-order valence-electron chi connectivity index (χ0n) is 41.0. The van der Waals surface area contributed by atoms with Gasteiger partial charge in [-0.25, -0.2) is 0 Å². The predicted molar refractivity (Wildman–Crippen MR) is 319 cm³/mol. The third-order valence-electron chi connectivity index (χ3n) is 15.4. The summed E-state index contributed by atoms with van der Waals surface area (Å²) in [5, 5.41) is 12.1. The van der Waals surface area contributed by atoms with Crippen molar-refractivity contribution in [2.75, 3.05) is 4.90 Å². The summed E-state index contributed by atoms with van der Waals surface area (Å²) in [7, 11) is 0. The average Bonchev–Trinajstić information content (AvgIpc) is 3.99. The SMILES string of the molecule is c1ccc(N(c2ccccc2)c2cc(-c3c4cccc(-c5ccc6c(c5)c5ccccc5n6-c5ccccc5)c4cc4c(-c5ccc6c(c5)c5ccccc5n6-c5ccccc5)cccc34)c3ccccc3c2)cc1. The Hall–Kier alpha value is -9.96. The van der Waals surface area contributed by atoms with Crippen molar-refractivity contribution in [1.29, 1.82) is 0 Å². The van der Waals surface area contributed by atoms with Gasteiger partial charge in [0.25, 0.3) is 0 Å². The van der Waals surface area contributed by atoms with Crippen LogP contribution < -0.4 is 4.90 Å². The van der Waals surface area contributed by atoms with Gasteiger partial charge in [-0.1, -0.05) is 182 Å². The van der Waals surface area contributed by atoms with Crippen molar-refractivity contribution in [3.8, 4) is 44.8 Å². The summed E-state index contributed by atoms with van der Waals surface area (Å²) >= 11 is 0. The minimum atomic E-state index is 1.10. The topological polar surface area (TPSA) is 13.1 Å². The van der Waals surface area contributed by atoms with Gasteiger partial charge in [0.2, 0.25) is 0 Å². The normalized spacial score (nSPS) is 11.7. The Kier molecular flexibility index (Phi) is 9.89. The van der Waals surface area contributed by atoms with Crippen LogP contribution in [-0.4, -0.2) is 9.13 Å². The van der Waals surface area contributed by atoms with Crippen LogP contribution in [-0.2, 0) is 0 Å². The maximum absolute atomic E-state index is 2.49. The summed E-state index contributed by atoms with van der Waals surface area (Å²) in [4.78, 5) is 2.39. The van der Waals surface area contributed by atoms with E-state index in [1.165, 1.54) is 109 Å². The Morgan fingerprint density at radius 3 is 1.15 bits per heavy atom. The first-order valence-corrected chi connectivity index (χ1v) is 25.8. The molecular weight excluding hydrogens is 907 g/mol. The highest BCUT2D eigenvalue weighted by Crippen LogP contribution is 2.48. The highest BCUT2D eigenvalue weighted by atomic mass is 15.1. The number of benzene rings is 13. The number of hydrogen-bond donors (Lipinski definition) is 0. The molecule has 3 nitrogen and oxygen atoms in total. The Balaban J connectivity index is 1.03. The largest absolute Gasteiger partial charge is 0.310 e. The quantitative estimate of drug-likeness (QED) is 0.138.